The van der Waals surface area contributed by atoms with Crippen LogP contribution in [0.3, 0.4) is 0 Å². The number of benzene rings is 1. The van der Waals surface area contributed by atoms with E-state index in [1.165, 1.54) is 38.5 Å². The predicted octanol–water partition coefficient (Wildman–Crippen LogP) is 4.41. The van der Waals surface area contributed by atoms with E-state index in [0.29, 0.717) is 29.6 Å². The van der Waals surface area contributed by atoms with Gasteiger partial charge in [-0.1, -0.05) is 16.8 Å². The van der Waals surface area contributed by atoms with Gasteiger partial charge in [-0.15, -0.1) is 0 Å². The number of aromatic nitrogens is 2. The average Bonchev–Trinajstić information content (AvgIpc) is 3.08. The molecule has 1 aromatic carbocycles. The Balaban J connectivity index is 1.19. The molecule has 6 heteroatoms. The molecule has 6 rings (SSSR count). The van der Waals surface area contributed by atoms with E-state index in [1.54, 1.807) is 12.1 Å². The van der Waals surface area contributed by atoms with Gasteiger partial charge in [-0.2, -0.15) is 4.98 Å². The zero-order valence-corrected chi connectivity index (χ0v) is 16.0. The SMILES string of the molecule is O=C(CCc1nc(-c2ccc(Cl)cc2)no1)NC12CC3CC(CC(C3)C1)C2. The summed E-state index contributed by atoms with van der Waals surface area (Å²) in [6.07, 6.45) is 8.52. The van der Waals surface area contributed by atoms with Crippen LogP contribution in [0, 0.1) is 17.8 Å². The second kappa shape index (κ2) is 6.62. The summed E-state index contributed by atoms with van der Waals surface area (Å²) in [6.45, 7) is 0. The maximum atomic E-state index is 12.6. The maximum absolute atomic E-state index is 12.6. The normalized spacial score (nSPS) is 31.2. The number of carbonyl (C=O) groups is 1. The number of aryl methyl sites for hydroxylation is 1. The Labute approximate surface area is 163 Å². The number of amides is 1. The van der Waals surface area contributed by atoms with Crippen LogP contribution in [0.2, 0.25) is 5.02 Å². The van der Waals surface area contributed by atoms with Crippen molar-refractivity contribution in [3.8, 4) is 11.4 Å². The number of nitrogens with one attached hydrogen (secondary N) is 1. The minimum atomic E-state index is 0.0646. The van der Waals surface area contributed by atoms with Crippen LogP contribution in [-0.2, 0) is 11.2 Å². The van der Waals surface area contributed by atoms with Crippen molar-refractivity contribution < 1.29 is 9.32 Å². The first kappa shape index (κ1) is 17.2. The number of carbonyl (C=O) groups excluding carboxylic acids is 1. The van der Waals surface area contributed by atoms with Crippen LogP contribution in [0.15, 0.2) is 28.8 Å². The van der Waals surface area contributed by atoms with Crippen molar-refractivity contribution in [2.24, 2.45) is 17.8 Å². The van der Waals surface area contributed by atoms with Crippen molar-refractivity contribution in [3.63, 3.8) is 0 Å². The molecule has 2 aromatic rings. The predicted molar refractivity (Wildman–Crippen MR) is 102 cm³/mol. The van der Waals surface area contributed by atoms with E-state index >= 15 is 0 Å². The fourth-order valence-corrected chi connectivity index (χ4v) is 6.04. The summed E-state index contributed by atoms with van der Waals surface area (Å²) in [4.78, 5) is 17.0. The highest BCUT2D eigenvalue weighted by Gasteiger charge is 2.51. The lowest BCUT2D eigenvalue weighted by atomic mass is 9.53. The summed E-state index contributed by atoms with van der Waals surface area (Å²) in [5, 5.41) is 8.08. The molecule has 0 atom stereocenters. The van der Waals surface area contributed by atoms with E-state index in [9.17, 15) is 4.79 Å². The molecule has 27 heavy (non-hydrogen) atoms. The van der Waals surface area contributed by atoms with Gasteiger partial charge in [0.05, 0.1) is 0 Å². The lowest BCUT2D eigenvalue weighted by Gasteiger charge is -2.56. The molecule has 0 spiro atoms. The van der Waals surface area contributed by atoms with Gasteiger partial charge < -0.3 is 9.84 Å². The summed E-state index contributed by atoms with van der Waals surface area (Å²) in [7, 11) is 0. The zero-order valence-electron chi connectivity index (χ0n) is 15.3. The van der Waals surface area contributed by atoms with Gasteiger partial charge in [-0.25, -0.2) is 0 Å². The van der Waals surface area contributed by atoms with Crippen LogP contribution >= 0.6 is 11.6 Å². The molecule has 1 aromatic heterocycles. The Morgan fingerprint density at radius 1 is 1.11 bits per heavy atom. The van der Waals surface area contributed by atoms with Gasteiger partial charge in [-0.05, 0) is 80.5 Å². The highest BCUT2D eigenvalue weighted by Crippen LogP contribution is 2.55. The van der Waals surface area contributed by atoms with Crippen LogP contribution in [0.1, 0.15) is 50.8 Å². The topological polar surface area (TPSA) is 68.0 Å². The molecule has 4 bridgehead atoms. The van der Waals surface area contributed by atoms with Gasteiger partial charge in [0.2, 0.25) is 17.6 Å². The lowest BCUT2D eigenvalue weighted by Crippen LogP contribution is -2.59. The van der Waals surface area contributed by atoms with Gasteiger partial charge in [0.25, 0.3) is 0 Å². The van der Waals surface area contributed by atoms with Gasteiger partial charge in [0.1, 0.15) is 0 Å². The van der Waals surface area contributed by atoms with E-state index < -0.39 is 0 Å². The first-order chi connectivity index (χ1) is 13.1. The van der Waals surface area contributed by atoms with Gasteiger partial charge in [0, 0.05) is 29.0 Å². The third-order valence-corrected chi connectivity index (χ3v) is 6.83. The fraction of sp³-hybridized carbons (Fsp3) is 0.571. The molecular formula is C21H24ClN3O2. The largest absolute Gasteiger partial charge is 0.351 e. The summed E-state index contributed by atoms with van der Waals surface area (Å²) in [6, 6.07) is 7.31. The van der Waals surface area contributed by atoms with Crippen LogP contribution < -0.4 is 5.32 Å². The Bertz CT molecular complexity index is 810. The summed E-state index contributed by atoms with van der Waals surface area (Å²) in [5.41, 5.74) is 0.919. The van der Waals surface area contributed by atoms with E-state index in [1.807, 2.05) is 12.1 Å². The van der Waals surface area contributed by atoms with Crippen molar-refractivity contribution in [2.75, 3.05) is 0 Å². The van der Waals surface area contributed by atoms with Crippen LogP contribution in [0.4, 0.5) is 0 Å². The van der Waals surface area contributed by atoms with Crippen LogP contribution in [0.5, 0.6) is 0 Å². The van der Waals surface area contributed by atoms with Gasteiger partial charge in [0.15, 0.2) is 0 Å². The number of hydrogen-bond donors (Lipinski definition) is 1. The minimum absolute atomic E-state index is 0.0646. The van der Waals surface area contributed by atoms with E-state index in [4.69, 9.17) is 16.1 Å². The van der Waals surface area contributed by atoms with E-state index in [0.717, 1.165) is 23.3 Å². The number of halogens is 1. The van der Waals surface area contributed by atoms with Crippen molar-refractivity contribution >= 4 is 17.5 Å². The Morgan fingerprint density at radius 2 is 1.74 bits per heavy atom. The van der Waals surface area contributed by atoms with Crippen molar-refractivity contribution in [1.82, 2.24) is 15.5 Å². The summed E-state index contributed by atoms with van der Waals surface area (Å²) in [5.74, 6) is 3.63. The first-order valence-corrected chi connectivity index (χ1v) is 10.3. The molecule has 142 valence electrons. The number of rotatable bonds is 5. The molecule has 0 radical (unpaired) electrons. The van der Waals surface area contributed by atoms with E-state index in [2.05, 4.69) is 15.5 Å². The highest BCUT2D eigenvalue weighted by molar-refractivity contribution is 6.30. The molecule has 4 saturated carbocycles. The second-order valence-electron chi connectivity index (χ2n) is 8.76. The molecule has 4 aliphatic rings. The van der Waals surface area contributed by atoms with Gasteiger partial charge in [-0.3, -0.25) is 4.79 Å². The van der Waals surface area contributed by atoms with Gasteiger partial charge >= 0.3 is 0 Å². The zero-order chi connectivity index (χ0) is 18.4. The number of nitrogens with zero attached hydrogens (tertiary/aromatic N) is 2. The first-order valence-electron chi connectivity index (χ1n) is 9.96. The fourth-order valence-electron chi connectivity index (χ4n) is 5.92. The van der Waals surface area contributed by atoms with Crippen molar-refractivity contribution in [1.29, 1.82) is 0 Å². The molecular weight excluding hydrogens is 362 g/mol. The molecule has 0 saturated heterocycles. The molecule has 0 aliphatic heterocycles. The maximum Gasteiger partial charge on any atom is 0.227 e. The quantitative estimate of drug-likeness (QED) is 0.827. The molecule has 1 amide bonds. The molecule has 0 unspecified atom stereocenters. The van der Waals surface area contributed by atoms with Crippen LogP contribution in [0.25, 0.3) is 11.4 Å². The minimum Gasteiger partial charge on any atom is -0.351 e. The third kappa shape index (κ3) is 3.49. The monoisotopic (exact) mass is 385 g/mol. The van der Waals surface area contributed by atoms with E-state index in [-0.39, 0.29) is 11.4 Å². The standard InChI is InChI=1S/C21H24ClN3O2/c22-17-3-1-16(2-4-17)20-23-19(27-25-20)6-5-18(26)24-21-10-13-7-14(11-21)9-15(8-13)12-21/h1-4,13-15H,5-12H2,(H,24,26). The molecule has 1 heterocycles. The average molecular weight is 386 g/mol. The number of hydrogen-bond acceptors (Lipinski definition) is 4. The summed E-state index contributed by atoms with van der Waals surface area (Å²) < 4.78 is 5.32. The molecule has 4 fully saturated rings. The lowest BCUT2D eigenvalue weighted by molar-refractivity contribution is -0.126. The van der Waals surface area contributed by atoms with Crippen molar-refractivity contribution in [3.05, 3.63) is 35.2 Å². The Kier molecular flexibility index (Phi) is 4.23. The smallest absolute Gasteiger partial charge is 0.227 e. The molecule has 4 aliphatic carbocycles. The second-order valence-corrected chi connectivity index (χ2v) is 9.20. The highest BCUT2D eigenvalue weighted by atomic mass is 35.5. The van der Waals surface area contributed by atoms with Crippen molar-refractivity contribution in [2.45, 2.75) is 56.9 Å². The molecule has 1 N–H and O–H groups in total. The van der Waals surface area contributed by atoms with Crippen LogP contribution in [-0.4, -0.2) is 21.6 Å². The Morgan fingerprint density at radius 3 is 2.37 bits per heavy atom. The Hall–Kier alpha value is -1.88. The summed E-state index contributed by atoms with van der Waals surface area (Å²) >= 11 is 5.91. The molecule has 5 nitrogen and oxygen atoms in total. The third-order valence-electron chi connectivity index (χ3n) is 6.58.